The van der Waals surface area contributed by atoms with Crippen LogP contribution in [0.15, 0.2) is 39.4 Å². The van der Waals surface area contributed by atoms with Crippen LogP contribution >= 0.6 is 0 Å². The maximum atomic E-state index is 5.54. The van der Waals surface area contributed by atoms with Gasteiger partial charge in [-0.25, -0.2) is 0 Å². The van der Waals surface area contributed by atoms with Gasteiger partial charge in [-0.2, -0.15) is 9.97 Å². The summed E-state index contributed by atoms with van der Waals surface area (Å²) in [7, 11) is 1.60. The molecule has 0 radical (unpaired) electrons. The van der Waals surface area contributed by atoms with Gasteiger partial charge in [0.25, 0.3) is 5.89 Å². The average Bonchev–Trinajstić information content (AvgIpc) is 3.33. The minimum absolute atomic E-state index is 0.221. The zero-order valence-electron chi connectivity index (χ0n) is 14.7. The van der Waals surface area contributed by atoms with E-state index in [0.29, 0.717) is 36.6 Å². The Morgan fingerprint density at radius 1 is 1.15 bits per heavy atom. The molecule has 0 spiro atoms. The fourth-order valence-corrected chi connectivity index (χ4v) is 3.24. The highest BCUT2D eigenvalue weighted by atomic mass is 16.5. The summed E-state index contributed by atoms with van der Waals surface area (Å²) in [5.74, 6) is 2.73. The molecule has 0 amide bonds. The summed E-state index contributed by atoms with van der Waals surface area (Å²) in [6.45, 7) is 2.80. The molecule has 0 bridgehead atoms. The predicted molar refractivity (Wildman–Crippen MR) is 92.0 cm³/mol. The highest BCUT2D eigenvalue weighted by molar-refractivity contribution is 5.53. The van der Waals surface area contributed by atoms with Crippen molar-refractivity contribution in [1.29, 1.82) is 0 Å². The first-order valence-electron chi connectivity index (χ1n) is 8.73. The van der Waals surface area contributed by atoms with E-state index in [1.807, 2.05) is 30.3 Å². The number of likely N-dealkylation sites (tertiary alicyclic amines) is 1. The molecular weight excluding hydrogens is 334 g/mol. The number of rotatable bonds is 6. The van der Waals surface area contributed by atoms with E-state index in [1.54, 1.807) is 7.11 Å². The van der Waals surface area contributed by atoms with Gasteiger partial charge in [0, 0.05) is 19.2 Å². The summed E-state index contributed by atoms with van der Waals surface area (Å²) in [5, 5.41) is 8.15. The van der Waals surface area contributed by atoms with E-state index >= 15 is 0 Å². The van der Waals surface area contributed by atoms with Gasteiger partial charge in [-0.1, -0.05) is 40.6 Å². The van der Waals surface area contributed by atoms with Crippen LogP contribution in [-0.4, -0.2) is 45.4 Å². The molecule has 26 heavy (non-hydrogen) atoms. The summed E-state index contributed by atoms with van der Waals surface area (Å²) in [4.78, 5) is 11.2. The van der Waals surface area contributed by atoms with Gasteiger partial charge in [-0.15, -0.1) is 0 Å². The van der Waals surface area contributed by atoms with Crippen molar-refractivity contribution >= 4 is 0 Å². The maximum Gasteiger partial charge on any atom is 0.252 e. The van der Waals surface area contributed by atoms with E-state index in [9.17, 15) is 0 Å². The van der Waals surface area contributed by atoms with Crippen LogP contribution in [0.4, 0.5) is 0 Å². The summed E-state index contributed by atoms with van der Waals surface area (Å²) in [5.41, 5.74) is 0.965. The molecule has 2 aromatic heterocycles. The number of methoxy groups -OCH3 is 1. The molecule has 1 aliphatic heterocycles. The second-order valence-electron chi connectivity index (χ2n) is 6.43. The Hall–Kier alpha value is -2.58. The van der Waals surface area contributed by atoms with Gasteiger partial charge in [-0.05, 0) is 19.4 Å². The molecule has 8 heteroatoms. The van der Waals surface area contributed by atoms with Gasteiger partial charge >= 0.3 is 0 Å². The van der Waals surface area contributed by atoms with Crippen molar-refractivity contribution in [3.8, 4) is 11.4 Å². The Bertz CT molecular complexity index is 832. The summed E-state index contributed by atoms with van der Waals surface area (Å²) >= 11 is 0. The predicted octanol–water partition coefficient (Wildman–Crippen LogP) is 2.65. The highest BCUT2D eigenvalue weighted by Gasteiger charge is 2.27. The minimum Gasteiger partial charge on any atom is -0.375 e. The molecule has 0 N–H and O–H groups in total. The van der Waals surface area contributed by atoms with Crippen molar-refractivity contribution in [3.63, 3.8) is 0 Å². The molecule has 136 valence electrons. The van der Waals surface area contributed by atoms with E-state index in [-0.39, 0.29) is 5.92 Å². The number of piperidine rings is 1. The maximum absolute atomic E-state index is 5.54. The van der Waals surface area contributed by atoms with Crippen LogP contribution in [0.25, 0.3) is 11.4 Å². The molecule has 3 aromatic rings. The average molecular weight is 355 g/mol. The molecule has 0 unspecified atom stereocenters. The van der Waals surface area contributed by atoms with Crippen molar-refractivity contribution in [3.05, 3.63) is 47.9 Å². The van der Waals surface area contributed by atoms with Crippen LogP contribution < -0.4 is 0 Å². The third-order valence-electron chi connectivity index (χ3n) is 4.47. The van der Waals surface area contributed by atoms with Crippen molar-refractivity contribution in [1.82, 2.24) is 25.2 Å². The zero-order valence-corrected chi connectivity index (χ0v) is 14.7. The second kappa shape index (κ2) is 7.76. The van der Waals surface area contributed by atoms with Crippen LogP contribution in [0.2, 0.25) is 0 Å². The van der Waals surface area contributed by atoms with Gasteiger partial charge in [0.05, 0.1) is 12.5 Å². The lowest BCUT2D eigenvalue weighted by Crippen LogP contribution is -2.34. The summed E-state index contributed by atoms with van der Waals surface area (Å²) in [6.07, 6.45) is 2.10. The highest BCUT2D eigenvalue weighted by Crippen LogP contribution is 2.28. The molecule has 1 saturated heterocycles. The molecule has 1 aromatic carbocycles. The molecule has 0 saturated carbocycles. The molecule has 1 aliphatic rings. The Kier molecular flexibility index (Phi) is 5.03. The van der Waals surface area contributed by atoms with Crippen molar-refractivity contribution in [2.75, 3.05) is 20.2 Å². The normalized spacial score (nSPS) is 18.3. The Morgan fingerprint density at radius 2 is 2.04 bits per heavy atom. The molecule has 4 rings (SSSR count). The van der Waals surface area contributed by atoms with E-state index < -0.39 is 0 Å². The lowest BCUT2D eigenvalue weighted by Gasteiger charge is -2.29. The van der Waals surface area contributed by atoms with Gasteiger partial charge in [0.15, 0.2) is 5.82 Å². The quantitative estimate of drug-likeness (QED) is 0.666. The largest absolute Gasteiger partial charge is 0.375 e. The number of nitrogens with zero attached hydrogens (tertiary/aromatic N) is 5. The molecule has 1 atom stereocenters. The van der Waals surface area contributed by atoms with Crippen LogP contribution in [0.5, 0.6) is 0 Å². The fraction of sp³-hybridized carbons (Fsp3) is 0.444. The molecule has 3 heterocycles. The third-order valence-corrected chi connectivity index (χ3v) is 4.47. The number of benzene rings is 1. The van der Waals surface area contributed by atoms with Crippen molar-refractivity contribution in [2.45, 2.75) is 31.9 Å². The van der Waals surface area contributed by atoms with E-state index in [2.05, 4.69) is 25.2 Å². The first kappa shape index (κ1) is 16.9. The van der Waals surface area contributed by atoms with E-state index in [0.717, 1.165) is 31.5 Å². The van der Waals surface area contributed by atoms with E-state index in [4.69, 9.17) is 13.8 Å². The van der Waals surface area contributed by atoms with Gasteiger partial charge in [-0.3, -0.25) is 4.90 Å². The van der Waals surface area contributed by atoms with Gasteiger partial charge in [0.1, 0.15) is 6.61 Å². The number of hydrogen-bond donors (Lipinski definition) is 0. The fourth-order valence-electron chi connectivity index (χ4n) is 3.24. The Labute approximate surface area is 151 Å². The molecule has 8 nitrogen and oxygen atoms in total. The lowest BCUT2D eigenvalue weighted by molar-refractivity contribution is 0.151. The smallest absolute Gasteiger partial charge is 0.252 e. The van der Waals surface area contributed by atoms with Gasteiger partial charge < -0.3 is 13.8 Å². The standard InChI is InChI=1S/C18H21N5O3/c1-24-12-16-19-15(21-25-16)11-23-9-5-8-14(10-23)18-20-17(22-26-18)13-6-3-2-4-7-13/h2-4,6-7,14H,5,8-12H2,1H3/t14-/m1/s1. The van der Waals surface area contributed by atoms with Crippen LogP contribution in [0.3, 0.4) is 0 Å². The second-order valence-corrected chi connectivity index (χ2v) is 6.43. The first-order chi connectivity index (χ1) is 12.8. The van der Waals surface area contributed by atoms with Crippen molar-refractivity contribution < 1.29 is 13.8 Å². The first-order valence-corrected chi connectivity index (χ1v) is 8.73. The summed E-state index contributed by atoms with van der Waals surface area (Å²) < 4.78 is 15.7. The monoisotopic (exact) mass is 355 g/mol. The number of ether oxygens (including phenoxy) is 1. The molecule has 0 aliphatic carbocycles. The number of aromatic nitrogens is 4. The van der Waals surface area contributed by atoms with E-state index in [1.165, 1.54) is 0 Å². The molecule has 1 fully saturated rings. The lowest BCUT2D eigenvalue weighted by atomic mass is 9.98. The number of hydrogen-bond acceptors (Lipinski definition) is 8. The Balaban J connectivity index is 1.41. The SMILES string of the molecule is COCc1nc(CN2CCC[C@@H](c3nc(-c4ccccc4)no3)C2)no1. The minimum atomic E-state index is 0.221. The van der Waals surface area contributed by atoms with Crippen LogP contribution in [0.1, 0.15) is 36.4 Å². The summed E-state index contributed by atoms with van der Waals surface area (Å²) in [6, 6.07) is 9.87. The van der Waals surface area contributed by atoms with Crippen molar-refractivity contribution in [2.24, 2.45) is 0 Å². The third kappa shape index (κ3) is 3.81. The van der Waals surface area contributed by atoms with Gasteiger partial charge in [0.2, 0.25) is 11.7 Å². The van der Waals surface area contributed by atoms with Crippen LogP contribution in [0, 0.1) is 0 Å². The molecular formula is C18H21N5O3. The Morgan fingerprint density at radius 3 is 2.88 bits per heavy atom. The topological polar surface area (TPSA) is 90.3 Å². The zero-order chi connectivity index (χ0) is 17.8. The van der Waals surface area contributed by atoms with Crippen LogP contribution in [-0.2, 0) is 17.9 Å².